The van der Waals surface area contributed by atoms with Crippen LogP contribution in [0.1, 0.15) is 38.7 Å². The molecule has 1 aromatic rings. The summed E-state index contributed by atoms with van der Waals surface area (Å²) in [4.78, 5) is 4.60. The largest absolute Gasteiger partial charge is 0.370 e. The lowest BCUT2D eigenvalue weighted by atomic mass is 10.0. The lowest BCUT2D eigenvalue weighted by Gasteiger charge is -2.30. The Morgan fingerprint density at radius 3 is 2.71 bits per heavy atom. The van der Waals surface area contributed by atoms with Crippen molar-refractivity contribution < 1.29 is 8.42 Å². The van der Waals surface area contributed by atoms with E-state index in [-0.39, 0.29) is 0 Å². The maximum atomic E-state index is 12.7. The third-order valence-electron chi connectivity index (χ3n) is 4.17. The van der Waals surface area contributed by atoms with E-state index in [0.717, 1.165) is 31.4 Å². The molecule has 1 atom stereocenters. The molecule has 134 valence electrons. The van der Waals surface area contributed by atoms with Gasteiger partial charge < -0.3 is 11.1 Å². The third-order valence-corrected chi connectivity index (χ3v) is 6.05. The van der Waals surface area contributed by atoms with E-state index in [1.54, 1.807) is 28.6 Å². The van der Waals surface area contributed by atoms with Crippen LogP contribution in [0.3, 0.4) is 0 Å². The number of nitrogens with one attached hydrogen (secondary N) is 1. The van der Waals surface area contributed by atoms with Crippen LogP contribution in [-0.2, 0) is 16.6 Å². The van der Waals surface area contributed by atoms with Gasteiger partial charge in [-0.25, -0.2) is 13.4 Å². The van der Waals surface area contributed by atoms with Gasteiger partial charge in [0.05, 0.1) is 11.4 Å². The topological polar surface area (TPSA) is 87.8 Å². The Hall–Kier alpha value is -1.60. The van der Waals surface area contributed by atoms with Crippen LogP contribution in [0.15, 0.2) is 34.2 Å². The lowest BCUT2D eigenvalue weighted by molar-refractivity contribution is 0.281. The summed E-state index contributed by atoms with van der Waals surface area (Å²) >= 11 is 0. The average molecular weight is 353 g/mol. The van der Waals surface area contributed by atoms with E-state index >= 15 is 0 Å². The molecule has 7 heteroatoms. The van der Waals surface area contributed by atoms with Gasteiger partial charge in [0.25, 0.3) is 0 Å². The second-order valence-corrected chi connectivity index (χ2v) is 8.32. The Labute approximate surface area is 145 Å². The highest BCUT2D eigenvalue weighted by Crippen LogP contribution is 2.23. The van der Waals surface area contributed by atoms with Crippen molar-refractivity contribution >= 4 is 16.0 Å². The van der Waals surface area contributed by atoms with Crippen LogP contribution in [0.25, 0.3) is 0 Å². The van der Waals surface area contributed by atoms with E-state index in [0.29, 0.717) is 36.4 Å². The van der Waals surface area contributed by atoms with E-state index in [1.165, 1.54) is 0 Å². The predicted octanol–water partition coefficient (Wildman–Crippen LogP) is 1.92. The lowest BCUT2D eigenvalue weighted by Crippen LogP contribution is -2.39. The highest BCUT2D eigenvalue weighted by atomic mass is 32.2. The van der Waals surface area contributed by atoms with Gasteiger partial charge in [0.15, 0.2) is 5.96 Å². The molecule has 1 aliphatic heterocycles. The smallest absolute Gasteiger partial charge is 0.243 e. The molecule has 0 spiro atoms. The van der Waals surface area contributed by atoms with Gasteiger partial charge in [-0.15, -0.1) is 0 Å². The van der Waals surface area contributed by atoms with E-state index in [9.17, 15) is 8.42 Å². The van der Waals surface area contributed by atoms with Gasteiger partial charge in [-0.3, -0.25) is 0 Å². The van der Waals surface area contributed by atoms with Crippen LogP contribution in [-0.4, -0.2) is 38.3 Å². The molecular weight excluding hydrogens is 324 g/mol. The predicted molar refractivity (Wildman–Crippen MR) is 97.2 cm³/mol. The monoisotopic (exact) mass is 352 g/mol. The number of nitrogens with zero attached hydrogens (tertiary/aromatic N) is 2. The van der Waals surface area contributed by atoms with E-state index in [1.807, 2.05) is 0 Å². The molecule has 1 aliphatic rings. The Balaban J connectivity index is 2.03. The number of benzene rings is 1. The SMILES string of the molecule is CCCNC(N)=NCc1ccc(S(=O)(=O)N2CCCC(C)C2)cc1. The summed E-state index contributed by atoms with van der Waals surface area (Å²) in [6.07, 6.45) is 3.01. The molecule has 1 fully saturated rings. The number of nitrogens with two attached hydrogens (primary N) is 1. The molecule has 1 unspecified atom stereocenters. The van der Waals surface area contributed by atoms with Crippen LogP contribution in [0.5, 0.6) is 0 Å². The molecule has 0 aromatic heterocycles. The summed E-state index contributed by atoms with van der Waals surface area (Å²) in [5, 5.41) is 3.01. The second kappa shape index (κ2) is 8.48. The van der Waals surface area contributed by atoms with Gasteiger partial charge in [0.1, 0.15) is 0 Å². The van der Waals surface area contributed by atoms with Gasteiger partial charge in [-0.2, -0.15) is 4.31 Å². The van der Waals surface area contributed by atoms with Crippen LogP contribution >= 0.6 is 0 Å². The number of hydrogen-bond donors (Lipinski definition) is 2. The van der Waals surface area contributed by atoms with Gasteiger partial charge in [0, 0.05) is 19.6 Å². The summed E-state index contributed by atoms with van der Waals surface area (Å²) in [6, 6.07) is 6.93. The van der Waals surface area contributed by atoms with Crippen LogP contribution in [0, 0.1) is 5.92 Å². The molecular formula is C17H28N4O2S. The van der Waals surface area contributed by atoms with E-state index in [4.69, 9.17) is 5.73 Å². The minimum absolute atomic E-state index is 0.349. The van der Waals surface area contributed by atoms with Crippen molar-refractivity contribution in [3.05, 3.63) is 29.8 Å². The number of rotatable bonds is 6. The van der Waals surface area contributed by atoms with Gasteiger partial charge in [-0.1, -0.05) is 26.0 Å². The summed E-state index contributed by atoms with van der Waals surface area (Å²) in [6.45, 7) is 6.60. The quantitative estimate of drug-likeness (QED) is 0.605. The molecule has 1 aromatic carbocycles. The van der Waals surface area contributed by atoms with Gasteiger partial charge >= 0.3 is 0 Å². The molecule has 6 nitrogen and oxygen atoms in total. The summed E-state index contributed by atoms with van der Waals surface area (Å²) < 4.78 is 27.0. The summed E-state index contributed by atoms with van der Waals surface area (Å²) in [7, 11) is -3.39. The highest BCUT2D eigenvalue weighted by Gasteiger charge is 2.28. The average Bonchev–Trinajstić information content (AvgIpc) is 2.58. The van der Waals surface area contributed by atoms with Crippen LogP contribution in [0.2, 0.25) is 0 Å². The fraction of sp³-hybridized carbons (Fsp3) is 0.588. The van der Waals surface area contributed by atoms with Crippen molar-refractivity contribution in [1.29, 1.82) is 0 Å². The van der Waals surface area contributed by atoms with Crippen molar-refractivity contribution in [3.63, 3.8) is 0 Å². The second-order valence-electron chi connectivity index (χ2n) is 6.38. The zero-order chi connectivity index (χ0) is 17.6. The summed E-state index contributed by atoms with van der Waals surface area (Å²) in [5.74, 6) is 0.830. The molecule has 0 aliphatic carbocycles. The molecule has 24 heavy (non-hydrogen) atoms. The first-order valence-corrected chi connectivity index (χ1v) is 10.0. The van der Waals surface area contributed by atoms with E-state index < -0.39 is 10.0 Å². The zero-order valence-corrected chi connectivity index (χ0v) is 15.3. The van der Waals surface area contributed by atoms with Crippen molar-refractivity contribution in [3.8, 4) is 0 Å². The maximum absolute atomic E-state index is 12.7. The van der Waals surface area contributed by atoms with Crippen molar-refractivity contribution in [1.82, 2.24) is 9.62 Å². The number of hydrogen-bond acceptors (Lipinski definition) is 3. The number of guanidine groups is 1. The van der Waals surface area contributed by atoms with Crippen LogP contribution in [0.4, 0.5) is 0 Å². The minimum Gasteiger partial charge on any atom is -0.370 e. The minimum atomic E-state index is -3.39. The molecule has 0 bridgehead atoms. The Morgan fingerprint density at radius 1 is 1.38 bits per heavy atom. The molecule has 1 heterocycles. The first kappa shape index (κ1) is 18.7. The molecule has 1 saturated heterocycles. The number of sulfonamides is 1. The molecule has 0 saturated carbocycles. The van der Waals surface area contributed by atoms with E-state index in [2.05, 4.69) is 24.2 Å². The first-order valence-electron chi connectivity index (χ1n) is 8.56. The maximum Gasteiger partial charge on any atom is 0.243 e. The number of piperidine rings is 1. The standard InChI is InChI=1S/C17H28N4O2S/c1-3-10-19-17(18)20-12-15-6-8-16(9-7-15)24(22,23)21-11-4-5-14(2)13-21/h6-9,14H,3-5,10-13H2,1-2H3,(H3,18,19,20). The fourth-order valence-electron chi connectivity index (χ4n) is 2.77. The van der Waals surface area contributed by atoms with Crippen molar-refractivity contribution in [2.24, 2.45) is 16.6 Å². The zero-order valence-electron chi connectivity index (χ0n) is 14.5. The first-order chi connectivity index (χ1) is 11.4. The Bertz CT molecular complexity index is 656. The van der Waals surface area contributed by atoms with Gasteiger partial charge in [0.2, 0.25) is 10.0 Å². The third kappa shape index (κ3) is 4.95. The fourth-order valence-corrected chi connectivity index (χ4v) is 4.36. The summed E-state index contributed by atoms with van der Waals surface area (Å²) in [5.41, 5.74) is 6.69. The number of aliphatic imine (C=N–C) groups is 1. The normalized spacial score (nSPS) is 20.1. The van der Waals surface area contributed by atoms with Crippen molar-refractivity contribution in [2.45, 2.75) is 44.6 Å². The highest BCUT2D eigenvalue weighted by molar-refractivity contribution is 7.89. The molecule has 0 radical (unpaired) electrons. The van der Waals surface area contributed by atoms with Crippen LogP contribution < -0.4 is 11.1 Å². The van der Waals surface area contributed by atoms with Crippen molar-refractivity contribution in [2.75, 3.05) is 19.6 Å². The Morgan fingerprint density at radius 2 is 2.08 bits per heavy atom. The molecule has 2 rings (SSSR count). The Kier molecular flexibility index (Phi) is 6.62. The molecule has 0 amide bonds. The van der Waals surface area contributed by atoms with Gasteiger partial charge in [-0.05, 0) is 42.9 Å². The molecule has 3 N–H and O–H groups in total.